The molecule has 0 bridgehead atoms. The zero-order chi connectivity index (χ0) is 22.7. The summed E-state index contributed by atoms with van der Waals surface area (Å²) in [6.45, 7) is 0.199. The van der Waals surface area contributed by atoms with Crippen molar-refractivity contribution in [2.75, 3.05) is 5.32 Å². The highest BCUT2D eigenvalue weighted by atomic mass is 35.5. The van der Waals surface area contributed by atoms with Crippen molar-refractivity contribution in [3.8, 4) is 5.82 Å². The van der Waals surface area contributed by atoms with Gasteiger partial charge < -0.3 is 10.6 Å². The van der Waals surface area contributed by atoms with Crippen molar-refractivity contribution in [1.82, 2.24) is 30.3 Å². The molecule has 0 fully saturated rings. The number of hydrogen-bond donors (Lipinski definition) is 3. The summed E-state index contributed by atoms with van der Waals surface area (Å²) < 4.78 is 28.2. The highest BCUT2D eigenvalue weighted by molar-refractivity contribution is 6.34. The first-order valence-electron chi connectivity index (χ1n) is 9.15. The number of benzene rings is 1. The van der Waals surface area contributed by atoms with E-state index in [0.717, 1.165) is 5.56 Å². The molecule has 4 aromatic rings. The largest absolute Gasteiger partial charge is 0.347 e. The van der Waals surface area contributed by atoms with Gasteiger partial charge in [0.1, 0.15) is 5.82 Å². The summed E-state index contributed by atoms with van der Waals surface area (Å²) in [4.78, 5) is 28.9. The van der Waals surface area contributed by atoms with Crippen LogP contribution in [-0.2, 0) is 6.54 Å². The van der Waals surface area contributed by atoms with Crippen molar-refractivity contribution >= 4 is 29.2 Å². The maximum Gasteiger partial charge on any atom is 0.272 e. The normalized spacial score (nSPS) is 10.7. The molecule has 3 heterocycles. The number of carbonyl (C=O) groups is 2. The molecule has 0 aliphatic heterocycles. The Balaban J connectivity index is 1.35. The molecule has 1 aromatic carbocycles. The molecule has 162 valence electrons. The lowest BCUT2D eigenvalue weighted by Crippen LogP contribution is -2.23. The number of rotatable bonds is 6. The third kappa shape index (κ3) is 4.62. The number of aromatic nitrogens is 5. The van der Waals surface area contributed by atoms with Gasteiger partial charge in [-0.25, -0.2) is 18.4 Å². The number of nitrogens with zero attached hydrogens (tertiary/aromatic N) is 4. The van der Waals surface area contributed by atoms with E-state index in [9.17, 15) is 18.4 Å². The van der Waals surface area contributed by atoms with Crippen molar-refractivity contribution in [1.29, 1.82) is 0 Å². The highest BCUT2D eigenvalue weighted by Gasteiger charge is 2.17. The summed E-state index contributed by atoms with van der Waals surface area (Å²) in [6.07, 6.45) is 5.01. The average molecular weight is 458 g/mol. The number of aromatic amines is 1. The van der Waals surface area contributed by atoms with E-state index in [-0.39, 0.29) is 28.6 Å². The van der Waals surface area contributed by atoms with Gasteiger partial charge in [-0.1, -0.05) is 17.7 Å². The van der Waals surface area contributed by atoms with E-state index in [1.807, 2.05) is 0 Å². The van der Waals surface area contributed by atoms with Gasteiger partial charge in [0.25, 0.3) is 11.8 Å². The van der Waals surface area contributed by atoms with Crippen LogP contribution in [0.15, 0.2) is 55.0 Å². The van der Waals surface area contributed by atoms with E-state index in [2.05, 4.69) is 30.9 Å². The van der Waals surface area contributed by atoms with Gasteiger partial charge in [0.05, 0.1) is 10.6 Å². The van der Waals surface area contributed by atoms with E-state index in [1.165, 1.54) is 6.07 Å². The number of hydrogen-bond acceptors (Lipinski definition) is 5. The second-order valence-electron chi connectivity index (χ2n) is 6.53. The lowest BCUT2D eigenvalue weighted by atomic mass is 10.2. The molecule has 0 radical (unpaired) electrons. The Kier molecular flexibility index (Phi) is 5.90. The van der Waals surface area contributed by atoms with Crippen LogP contribution in [0.25, 0.3) is 5.82 Å². The Bertz CT molecular complexity index is 1270. The van der Waals surface area contributed by atoms with Gasteiger partial charge in [0, 0.05) is 31.2 Å². The summed E-state index contributed by atoms with van der Waals surface area (Å²) in [5.74, 6) is -2.96. The molecule has 0 aliphatic rings. The Morgan fingerprint density at radius 3 is 2.66 bits per heavy atom. The molecular formula is C20H14ClF2N7O2. The molecule has 0 atom stereocenters. The molecule has 0 aliphatic carbocycles. The van der Waals surface area contributed by atoms with Crippen LogP contribution in [0.1, 0.15) is 26.4 Å². The van der Waals surface area contributed by atoms with Crippen LogP contribution in [0.5, 0.6) is 0 Å². The van der Waals surface area contributed by atoms with Crippen LogP contribution in [0.2, 0.25) is 5.02 Å². The van der Waals surface area contributed by atoms with Crippen LogP contribution in [-0.4, -0.2) is 36.8 Å². The Labute approximate surface area is 184 Å². The van der Waals surface area contributed by atoms with Crippen molar-refractivity contribution in [3.63, 3.8) is 0 Å². The molecule has 9 nitrogen and oxygen atoms in total. The third-order valence-electron chi connectivity index (χ3n) is 4.31. The van der Waals surface area contributed by atoms with Crippen LogP contribution in [0.3, 0.4) is 0 Å². The Morgan fingerprint density at radius 1 is 1.12 bits per heavy atom. The summed E-state index contributed by atoms with van der Waals surface area (Å²) in [5.41, 5.74) is 0.501. The molecule has 2 amide bonds. The van der Waals surface area contributed by atoms with Crippen LogP contribution in [0, 0.1) is 11.6 Å². The van der Waals surface area contributed by atoms with E-state index in [1.54, 1.807) is 41.5 Å². The van der Waals surface area contributed by atoms with E-state index in [0.29, 0.717) is 18.0 Å². The van der Waals surface area contributed by atoms with Crippen molar-refractivity contribution in [3.05, 3.63) is 88.5 Å². The van der Waals surface area contributed by atoms with Gasteiger partial charge in [-0.15, -0.1) is 0 Å². The zero-order valence-electron chi connectivity index (χ0n) is 16.1. The highest BCUT2D eigenvalue weighted by Crippen LogP contribution is 2.21. The lowest BCUT2D eigenvalue weighted by molar-refractivity contribution is 0.0945. The van der Waals surface area contributed by atoms with E-state index >= 15 is 0 Å². The number of carbonyl (C=O) groups excluding carboxylic acids is 2. The van der Waals surface area contributed by atoms with Crippen LogP contribution >= 0.6 is 11.6 Å². The number of amides is 2. The van der Waals surface area contributed by atoms with Crippen molar-refractivity contribution < 1.29 is 18.4 Å². The number of nitrogens with one attached hydrogen (secondary N) is 3. The maximum atomic E-state index is 13.4. The molecule has 0 saturated heterocycles. The first-order chi connectivity index (χ1) is 15.4. The van der Waals surface area contributed by atoms with Gasteiger partial charge in [-0.3, -0.25) is 14.7 Å². The molecular weight excluding hydrogens is 444 g/mol. The van der Waals surface area contributed by atoms with Crippen molar-refractivity contribution in [2.24, 2.45) is 0 Å². The standard InChI is InChI=1S/C20H14ClF2N7O2/c21-13-7-15(23)14(22)6-12(13)19(31)27-17-8-16(28-29-17)20(32)25-10-11-2-3-18(24-9-11)30-5-1-4-26-30/h1-9H,10H2,(H,25,32)(H2,27,28,29,31). The first-order valence-corrected chi connectivity index (χ1v) is 9.53. The lowest BCUT2D eigenvalue weighted by Gasteiger charge is -2.05. The SMILES string of the molecule is O=C(NCc1ccc(-n2cccn2)nc1)c1cc(NC(=O)c2cc(F)c(F)cc2Cl)[nH]n1. The second-order valence-corrected chi connectivity index (χ2v) is 6.93. The molecule has 0 spiro atoms. The fourth-order valence-corrected chi connectivity index (χ4v) is 2.96. The van der Waals surface area contributed by atoms with E-state index in [4.69, 9.17) is 11.6 Å². The molecule has 0 saturated carbocycles. The number of halogens is 3. The first kappa shape index (κ1) is 21.1. The van der Waals surface area contributed by atoms with Gasteiger partial charge in [-0.2, -0.15) is 10.2 Å². The summed E-state index contributed by atoms with van der Waals surface area (Å²) >= 11 is 5.79. The quantitative estimate of drug-likeness (QED) is 0.384. The number of H-pyrrole nitrogens is 1. The number of pyridine rings is 1. The summed E-state index contributed by atoms with van der Waals surface area (Å²) in [7, 11) is 0. The zero-order valence-corrected chi connectivity index (χ0v) is 16.9. The summed E-state index contributed by atoms with van der Waals surface area (Å²) in [6, 6.07) is 8.02. The molecule has 4 rings (SSSR count). The molecule has 3 aromatic heterocycles. The molecule has 32 heavy (non-hydrogen) atoms. The van der Waals surface area contributed by atoms with E-state index < -0.39 is 23.4 Å². The van der Waals surface area contributed by atoms with Gasteiger partial charge in [0.15, 0.2) is 23.1 Å². The minimum absolute atomic E-state index is 0.0119. The Morgan fingerprint density at radius 2 is 1.94 bits per heavy atom. The van der Waals surface area contributed by atoms with Crippen LogP contribution in [0.4, 0.5) is 14.6 Å². The van der Waals surface area contributed by atoms with Gasteiger partial charge in [0.2, 0.25) is 0 Å². The minimum atomic E-state index is -1.21. The monoisotopic (exact) mass is 457 g/mol. The molecule has 0 unspecified atom stereocenters. The molecule has 3 N–H and O–H groups in total. The fraction of sp³-hybridized carbons (Fsp3) is 0.0500. The third-order valence-corrected chi connectivity index (χ3v) is 4.63. The van der Waals surface area contributed by atoms with Gasteiger partial charge >= 0.3 is 0 Å². The maximum absolute atomic E-state index is 13.4. The fourth-order valence-electron chi connectivity index (χ4n) is 2.72. The molecule has 12 heteroatoms. The topological polar surface area (TPSA) is 118 Å². The predicted octanol–water partition coefficient (Wildman–Crippen LogP) is 3.10. The smallest absolute Gasteiger partial charge is 0.272 e. The predicted molar refractivity (Wildman–Crippen MR) is 110 cm³/mol. The van der Waals surface area contributed by atoms with Crippen molar-refractivity contribution in [2.45, 2.75) is 6.54 Å². The Hall–Kier alpha value is -4.12. The second kappa shape index (κ2) is 8.94. The minimum Gasteiger partial charge on any atom is -0.347 e. The summed E-state index contributed by atoms with van der Waals surface area (Å²) in [5, 5.41) is 15.2. The van der Waals surface area contributed by atoms with Gasteiger partial charge in [-0.05, 0) is 29.8 Å². The number of anilines is 1. The van der Waals surface area contributed by atoms with Crippen LogP contribution < -0.4 is 10.6 Å². The average Bonchev–Trinajstić information content (AvgIpc) is 3.47.